The maximum Gasteiger partial charge on any atom is 0.303 e. The molecule has 2 aromatic rings. The number of carboxylic acid groups (broad SMARTS) is 1. The molecule has 4 nitrogen and oxygen atoms in total. The zero-order chi connectivity index (χ0) is 13.8. The molecular formula is C12H10Br2N2O2S. The molecule has 0 aliphatic heterocycles. The van der Waals surface area contributed by atoms with Crippen LogP contribution in [0.2, 0.25) is 0 Å². The highest BCUT2D eigenvalue weighted by Crippen LogP contribution is 2.34. The predicted molar refractivity (Wildman–Crippen MR) is 83.2 cm³/mol. The van der Waals surface area contributed by atoms with Crippen LogP contribution >= 0.6 is 43.2 Å². The van der Waals surface area contributed by atoms with Crippen molar-refractivity contribution in [1.82, 2.24) is 4.98 Å². The van der Waals surface area contributed by atoms with Crippen molar-refractivity contribution in [3.63, 3.8) is 0 Å². The van der Waals surface area contributed by atoms with E-state index in [1.165, 1.54) is 11.3 Å². The first-order valence-corrected chi connectivity index (χ1v) is 7.90. The molecule has 0 spiro atoms. The Morgan fingerprint density at radius 2 is 2.05 bits per heavy atom. The second-order valence-electron chi connectivity index (χ2n) is 3.76. The number of benzene rings is 1. The molecule has 2 rings (SSSR count). The summed E-state index contributed by atoms with van der Waals surface area (Å²) in [5.41, 5.74) is 1.69. The van der Waals surface area contributed by atoms with E-state index in [4.69, 9.17) is 5.11 Å². The largest absolute Gasteiger partial charge is 0.481 e. The van der Waals surface area contributed by atoms with Gasteiger partial charge in [-0.2, -0.15) is 0 Å². The van der Waals surface area contributed by atoms with Crippen molar-refractivity contribution < 1.29 is 9.90 Å². The lowest BCUT2D eigenvalue weighted by Gasteiger charge is -2.07. The third-order valence-corrected chi connectivity index (χ3v) is 4.47. The highest BCUT2D eigenvalue weighted by atomic mass is 79.9. The molecule has 0 bridgehead atoms. The third kappa shape index (κ3) is 4.02. The number of para-hydroxylation sites is 1. The molecule has 19 heavy (non-hydrogen) atoms. The second kappa shape index (κ2) is 6.49. The molecule has 0 fully saturated rings. The van der Waals surface area contributed by atoms with E-state index in [0.717, 1.165) is 25.5 Å². The Labute approximate surface area is 131 Å². The first kappa shape index (κ1) is 14.5. The molecule has 1 heterocycles. The number of nitrogens with zero attached hydrogens (tertiary/aromatic N) is 1. The van der Waals surface area contributed by atoms with Crippen LogP contribution in [0.4, 0.5) is 10.8 Å². The zero-order valence-electron chi connectivity index (χ0n) is 9.69. The number of aryl methyl sites for hydroxylation is 1. The summed E-state index contributed by atoms with van der Waals surface area (Å²) in [6.07, 6.45) is 0.548. The molecule has 1 aromatic heterocycles. The fourth-order valence-corrected chi connectivity index (χ4v) is 3.38. The van der Waals surface area contributed by atoms with Gasteiger partial charge in [0.05, 0.1) is 17.8 Å². The fourth-order valence-electron chi connectivity index (χ4n) is 1.44. The molecule has 0 aliphatic rings. The standard InChI is InChI=1S/C12H10Br2N2O2S/c13-8-2-1-3-9(14)11(8)16-12-15-7(6-19-12)4-5-10(17)18/h1-3,6H,4-5H2,(H,15,16)(H,17,18). The van der Waals surface area contributed by atoms with Gasteiger partial charge >= 0.3 is 5.97 Å². The van der Waals surface area contributed by atoms with Crippen LogP contribution in [0.3, 0.4) is 0 Å². The minimum absolute atomic E-state index is 0.0991. The Bertz CT molecular complexity index is 581. The van der Waals surface area contributed by atoms with E-state index >= 15 is 0 Å². The summed E-state index contributed by atoms with van der Waals surface area (Å²) in [4.78, 5) is 14.9. The number of carboxylic acids is 1. The van der Waals surface area contributed by atoms with E-state index in [0.29, 0.717) is 6.42 Å². The summed E-state index contributed by atoms with van der Waals surface area (Å²) in [6.45, 7) is 0. The number of carbonyl (C=O) groups is 1. The lowest BCUT2D eigenvalue weighted by atomic mass is 10.2. The van der Waals surface area contributed by atoms with Crippen LogP contribution in [-0.4, -0.2) is 16.1 Å². The molecular weight excluding hydrogens is 396 g/mol. The first-order valence-electron chi connectivity index (χ1n) is 5.43. The number of hydrogen-bond acceptors (Lipinski definition) is 4. The van der Waals surface area contributed by atoms with Crippen molar-refractivity contribution in [1.29, 1.82) is 0 Å². The third-order valence-electron chi connectivity index (χ3n) is 2.34. The van der Waals surface area contributed by atoms with Gasteiger partial charge in [0.25, 0.3) is 0 Å². The maximum absolute atomic E-state index is 10.5. The molecule has 0 aliphatic carbocycles. The van der Waals surface area contributed by atoms with Gasteiger partial charge in [0.15, 0.2) is 5.13 Å². The SMILES string of the molecule is O=C(O)CCc1csc(Nc2c(Br)cccc2Br)n1. The molecule has 2 N–H and O–H groups in total. The smallest absolute Gasteiger partial charge is 0.303 e. The topological polar surface area (TPSA) is 62.2 Å². The summed E-state index contributed by atoms with van der Waals surface area (Å²) in [5.74, 6) is -0.809. The molecule has 1 aromatic carbocycles. The summed E-state index contributed by atoms with van der Waals surface area (Å²) < 4.78 is 1.87. The molecule has 0 atom stereocenters. The average Bonchev–Trinajstić information content (AvgIpc) is 2.79. The lowest BCUT2D eigenvalue weighted by Crippen LogP contribution is -1.98. The Kier molecular flexibility index (Phi) is 4.95. The van der Waals surface area contributed by atoms with Crippen LogP contribution in [0.1, 0.15) is 12.1 Å². The van der Waals surface area contributed by atoms with E-state index in [9.17, 15) is 4.79 Å². The van der Waals surface area contributed by atoms with E-state index in [1.54, 1.807) is 0 Å². The van der Waals surface area contributed by atoms with Crippen LogP contribution in [0.15, 0.2) is 32.5 Å². The van der Waals surface area contributed by atoms with Gasteiger partial charge in [0, 0.05) is 20.7 Å². The summed E-state index contributed by atoms with van der Waals surface area (Å²) >= 11 is 8.39. The first-order chi connectivity index (χ1) is 9.06. The fraction of sp³-hybridized carbons (Fsp3) is 0.167. The number of hydrogen-bond donors (Lipinski definition) is 2. The Balaban J connectivity index is 2.09. The zero-order valence-corrected chi connectivity index (χ0v) is 13.7. The highest BCUT2D eigenvalue weighted by Gasteiger charge is 2.08. The highest BCUT2D eigenvalue weighted by molar-refractivity contribution is 9.11. The van der Waals surface area contributed by atoms with Crippen molar-refractivity contribution >= 4 is 60.0 Å². The molecule has 0 amide bonds. The summed E-state index contributed by atoms with van der Waals surface area (Å²) in [5, 5.41) is 14.5. The number of thiazole rings is 1. The Morgan fingerprint density at radius 1 is 1.37 bits per heavy atom. The quantitative estimate of drug-likeness (QED) is 0.772. The van der Waals surface area contributed by atoms with Gasteiger partial charge in [0.1, 0.15) is 0 Å². The van der Waals surface area contributed by atoms with Crippen LogP contribution in [0.25, 0.3) is 0 Å². The lowest BCUT2D eigenvalue weighted by molar-refractivity contribution is -0.136. The minimum atomic E-state index is -0.809. The number of aromatic nitrogens is 1. The predicted octanol–water partition coefficient (Wildman–Crippen LogP) is 4.43. The van der Waals surface area contributed by atoms with Crippen molar-refractivity contribution in [3.8, 4) is 0 Å². The van der Waals surface area contributed by atoms with Gasteiger partial charge in [-0.3, -0.25) is 4.79 Å². The number of aliphatic carboxylic acids is 1. The van der Waals surface area contributed by atoms with Gasteiger partial charge in [0.2, 0.25) is 0 Å². The van der Waals surface area contributed by atoms with Gasteiger partial charge in [-0.15, -0.1) is 11.3 Å². The Hall–Kier alpha value is -0.920. The maximum atomic E-state index is 10.5. The van der Waals surface area contributed by atoms with Crippen LogP contribution in [0.5, 0.6) is 0 Å². The van der Waals surface area contributed by atoms with Gasteiger partial charge < -0.3 is 10.4 Å². The van der Waals surface area contributed by atoms with Gasteiger partial charge in [-0.05, 0) is 44.0 Å². The van der Waals surface area contributed by atoms with Gasteiger partial charge in [-0.25, -0.2) is 4.98 Å². The minimum Gasteiger partial charge on any atom is -0.481 e. The molecule has 100 valence electrons. The summed E-state index contributed by atoms with van der Waals surface area (Å²) in [7, 11) is 0. The van der Waals surface area contributed by atoms with E-state index < -0.39 is 5.97 Å². The van der Waals surface area contributed by atoms with Crippen LogP contribution < -0.4 is 5.32 Å². The van der Waals surface area contributed by atoms with Gasteiger partial charge in [-0.1, -0.05) is 6.07 Å². The monoisotopic (exact) mass is 404 g/mol. The van der Waals surface area contributed by atoms with E-state index in [1.807, 2.05) is 23.6 Å². The molecule has 0 radical (unpaired) electrons. The van der Waals surface area contributed by atoms with Crippen molar-refractivity contribution in [2.24, 2.45) is 0 Å². The molecule has 0 saturated carbocycles. The number of rotatable bonds is 5. The van der Waals surface area contributed by atoms with Crippen LogP contribution in [-0.2, 0) is 11.2 Å². The van der Waals surface area contributed by atoms with Crippen molar-refractivity contribution in [2.75, 3.05) is 5.32 Å². The van der Waals surface area contributed by atoms with E-state index in [-0.39, 0.29) is 6.42 Å². The second-order valence-corrected chi connectivity index (χ2v) is 6.33. The normalized spacial score (nSPS) is 10.4. The average molecular weight is 406 g/mol. The van der Waals surface area contributed by atoms with Crippen molar-refractivity contribution in [2.45, 2.75) is 12.8 Å². The number of nitrogens with one attached hydrogen (secondary N) is 1. The summed E-state index contributed by atoms with van der Waals surface area (Å²) in [6, 6.07) is 5.80. The number of anilines is 2. The van der Waals surface area contributed by atoms with Crippen LogP contribution in [0, 0.1) is 0 Å². The molecule has 7 heteroatoms. The Morgan fingerprint density at radius 3 is 2.68 bits per heavy atom. The van der Waals surface area contributed by atoms with E-state index in [2.05, 4.69) is 42.2 Å². The number of halogens is 2. The molecule has 0 unspecified atom stereocenters. The van der Waals surface area contributed by atoms with Crippen molar-refractivity contribution in [3.05, 3.63) is 38.2 Å². The molecule has 0 saturated heterocycles.